The summed E-state index contributed by atoms with van der Waals surface area (Å²) in [4.78, 5) is 0. The Kier molecular flexibility index (Phi) is 17.4. The number of allylic oxidation sites excluding steroid dienone is 2. The Morgan fingerprint density at radius 2 is 1.00 bits per heavy atom. The molecule has 0 aliphatic rings. The van der Waals surface area contributed by atoms with E-state index >= 15 is 0 Å². The zero-order valence-electron chi connectivity index (χ0n) is 13.2. The Labute approximate surface area is 121 Å². The van der Waals surface area contributed by atoms with E-state index in [1.807, 2.05) is 0 Å². The van der Waals surface area contributed by atoms with Gasteiger partial charge in [-0.1, -0.05) is 83.3 Å². The lowest BCUT2D eigenvalue weighted by atomic mass is 10.1. The quantitative estimate of drug-likeness (QED) is 0.284. The molecule has 0 unspecified atom stereocenters. The van der Waals surface area contributed by atoms with Crippen LogP contribution in [0, 0.1) is 0 Å². The second-order valence-corrected chi connectivity index (χ2v) is 5.66. The zero-order chi connectivity index (χ0) is 14.0. The second kappa shape index (κ2) is 17.7. The van der Waals surface area contributed by atoms with Crippen LogP contribution in [0.25, 0.3) is 0 Å². The maximum absolute atomic E-state index is 8.64. The molecule has 1 heteroatoms. The molecule has 0 rings (SSSR count). The van der Waals surface area contributed by atoms with Crippen LogP contribution in [0.3, 0.4) is 0 Å². The van der Waals surface area contributed by atoms with Crippen LogP contribution >= 0.6 is 0 Å². The first-order chi connectivity index (χ1) is 9.41. The highest BCUT2D eigenvalue weighted by Gasteiger charge is 1.92. The molecule has 0 spiro atoms. The highest BCUT2D eigenvalue weighted by atomic mass is 16.2. The Morgan fingerprint density at radius 1 is 0.579 bits per heavy atom. The van der Waals surface area contributed by atoms with Crippen LogP contribution in [-0.4, -0.2) is 11.7 Å². The fraction of sp³-hybridized carbons (Fsp3) is 0.889. The minimum atomic E-state index is 0.322. The average Bonchev–Trinajstić information content (AvgIpc) is 2.43. The van der Waals surface area contributed by atoms with Crippen molar-refractivity contribution in [2.75, 3.05) is 6.61 Å². The molecule has 0 amide bonds. The van der Waals surface area contributed by atoms with Crippen molar-refractivity contribution in [3.8, 4) is 0 Å². The van der Waals surface area contributed by atoms with Crippen LogP contribution in [-0.2, 0) is 0 Å². The standard InChI is InChI=1S/C18H36O/c1-2-3-4-5-6-7-8-9-10-11-12-13-14-15-16-17-18-19/h14-15,19H,2-13,16-18H2,1H3. The monoisotopic (exact) mass is 268 g/mol. The number of rotatable bonds is 15. The summed E-state index contributed by atoms with van der Waals surface area (Å²) in [5.74, 6) is 0. The molecule has 0 fully saturated rings. The fourth-order valence-electron chi connectivity index (χ4n) is 2.37. The van der Waals surface area contributed by atoms with E-state index in [4.69, 9.17) is 5.11 Å². The summed E-state index contributed by atoms with van der Waals surface area (Å²) in [5.41, 5.74) is 0. The molecular weight excluding hydrogens is 232 g/mol. The smallest absolute Gasteiger partial charge is 0.0433 e. The van der Waals surface area contributed by atoms with Gasteiger partial charge in [-0.2, -0.15) is 0 Å². The van der Waals surface area contributed by atoms with E-state index in [9.17, 15) is 0 Å². The molecule has 114 valence electrons. The van der Waals surface area contributed by atoms with Crippen LogP contribution in [0.4, 0.5) is 0 Å². The average molecular weight is 268 g/mol. The molecule has 0 saturated heterocycles. The predicted octanol–water partition coefficient (Wildman–Crippen LogP) is 6.02. The third-order valence-electron chi connectivity index (χ3n) is 3.67. The van der Waals surface area contributed by atoms with E-state index in [-0.39, 0.29) is 0 Å². The number of unbranched alkanes of at least 4 members (excludes halogenated alkanes) is 12. The zero-order valence-corrected chi connectivity index (χ0v) is 13.2. The lowest BCUT2D eigenvalue weighted by Gasteiger charge is -2.01. The Balaban J connectivity index is 2.97. The van der Waals surface area contributed by atoms with Gasteiger partial charge in [-0.05, 0) is 25.7 Å². The molecule has 0 aromatic rings. The molecule has 1 nitrogen and oxygen atoms in total. The van der Waals surface area contributed by atoms with Crippen molar-refractivity contribution in [1.29, 1.82) is 0 Å². The van der Waals surface area contributed by atoms with Gasteiger partial charge in [-0.25, -0.2) is 0 Å². The van der Waals surface area contributed by atoms with Crippen LogP contribution in [0.2, 0.25) is 0 Å². The molecule has 0 aromatic heterocycles. The van der Waals surface area contributed by atoms with Gasteiger partial charge in [0, 0.05) is 6.61 Å². The largest absolute Gasteiger partial charge is 0.396 e. The van der Waals surface area contributed by atoms with E-state index in [0.29, 0.717) is 6.61 Å². The molecule has 0 radical (unpaired) electrons. The lowest BCUT2D eigenvalue weighted by molar-refractivity contribution is 0.289. The van der Waals surface area contributed by atoms with Gasteiger partial charge in [0.05, 0.1) is 0 Å². The Bertz CT molecular complexity index is 175. The van der Waals surface area contributed by atoms with E-state index in [1.54, 1.807) is 0 Å². The molecule has 0 aromatic carbocycles. The van der Waals surface area contributed by atoms with Crippen molar-refractivity contribution < 1.29 is 5.11 Å². The maximum Gasteiger partial charge on any atom is 0.0433 e. The number of aliphatic hydroxyl groups is 1. The van der Waals surface area contributed by atoms with Gasteiger partial charge in [0.25, 0.3) is 0 Å². The first-order valence-electron chi connectivity index (χ1n) is 8.67. The van der Waals surface area contributed by atoms with E-state index in [2.05, 4.69) is 19.1 Å². The maximum atomic E-state index is 8.64. The SMILES string of the molecule is CCCCCCCCCCCCCC=CCCCO. The molecule has 19 heavy (non-hydrogen) atoms. The van der Waals surface area contributed by atoms with Crippen molar-refractivity contribution in [1.82, 2.24) is 0 Å². The summed E-state index contributed by atoms with van der Waals surface area (Å²) in [6.07, 6.45) is 23.3. The third-order valence-corrected chi connectivity index (χ3v) is 3.67. The summed E-state index contributed by atoms with van der Waals surface area (Å²) in [6.45, 7) is 2.60. The lowest BCUT2D eigenvalue weighted by Crippen LogP contribution is -1.82. The minimum absolute atomic E-state index is 0.322. The number of hydrogen-bond donors (Lipinski definition) is 1. The second-order valence-electron chi connectivity index (χ2n) is 5.66. The Hall–Kier alpha value is -0.300. The van der Waals surface area contributed by atoms with Gasteiger partial charge in [0.2, 0.25) is 0 Å². The first-order valence-corrected chi connectivity index (χ1v) is 8.67. The molecule has 0 bridgehead atoms. The van der Waals surface area contributed by atoms with Crippen molar-refractivity contribution in [2.45, 2.75) is 96.8 Å². The van der Waals surface area contributed by atoms with E-state index in [1.165, 1.54) is 77.0 Å². The molecule has 0 saturated carbocycles. The molecule has 0 aliphatic heterocycles. The molecule has 0 atom stereocenters. The van der Waals surface area contributed by atoms with Gasteiger partial charge in [-0.15, -0.1) is 0 Å². The van der Waals surface area contributed by atoms with E-state index < -0.39 is 0 Å². The summed E-state index contributed by atoms with van der Waals surface area (Å²) < 4.78 is 0. The summed E-state index contributed by atoms with van der Waals surface area (Å²) in [5, 5.41) is 8.64. The minimum Gasteiger partial charge on any atom is -0.396 e. The highest BCUT2D eigenvalue weighted by Crippen LogP contribution is 2.12. The van der Waals surface area contributed by atoms with Gasteiger partial charge >= 0.3 is 0 Å². The normalized spacial score (nSPS) is 11.5. The van der Waals surface area contributed by atoms with Gasteiger partial charge in [0.15, 0.2) is 0 Å². The summed E-state index contributed by atoms with van der Waals surface area (Å²) >= 11 is 0. The van der Waals surface area contributed by atoms with Crippen molar-refractivity contribution in [3.05, 3.63) is 12.2 Å². The van der Waals surface area contributed by atoms with Crippen molar-refractivity contribution in [2.24, 2.45) is 0 Å². The van der Waals surface area contributed by atoms with Crippen molar-refractivity contribution >= 4 is 0 Å². The van der Waals surface area contributed by atoms with Crippen LogP contribution in [0.1, 0.15) is 96.8 Å². The molecule has 1 N–H and O–H groups in total. The number of aliphatic hydroxyl groups excluding tert-OH is 1. The van der Waals surface area contributed by atoms with Crippen LogP contribution < -0.4 is 0 Å². The van der Waals surface area contributed by atoms with Gasteiger partial charge < -0.3 is 5.11 Å². The van der Waals surface area contributed by atoms with Crippen LogP contribution in [0.15, 0.2) is 12.2 Å². The molecular formula is C18H36O. The fourth-order valence-corrected chi connectivity index (χ4v) is 2.37. The molecule has 0 aliphatic carbocycles. The first kappa shape index (κ1) is 18.7. The molecule has 0 heterocycles. The van der Waals surface area contributed by atoms with Crippen LogP contribution in [0.5, 0.6) is 0 Å². The Morgan fingerprint density at radius 3 is 1.47 bits per heavy atom. The van der Waals surface area contributed by atoms with Crippen molar-refractivity contribution in [3.63, 3.8) is 0 Å². The number of hydrogen-bond acceptors (Lipinski definition) is 1. The van der Waals surface area contributed by atoms with Gasteiger partial charge in [-0.3, -0.25) is 0 Å². The highest BCUT2D eigenvalue weighted by molar-refractivity contribution is 4.81. The van der Waals surface area contributed by atoms with E-state index in [0.717, 1.165) is 12.8 Å². The topological polar surface area (TPSA) is 20.2 Å². The van der Waals surface area contributed by atoms with Gasteiger partial charge in [0.1, 0.15) is 0 Å². The third kappa shape index (κ3) is 17.7. The summed E-state index contributed by atoms with van der Waals surface area (Å²) in [6, 6.07) is 0. The summed E-state index contributed by atoms with van der Waals surface area (Å²) in [7, 11) is 0. The predicted molar refractivity (Wildman–Crippen MR) is 86.5 cm³/mol.